The molecule has 0 aliphatic carbocycles. The van der Waals surface area contributed by atoms with Gasteiger partial charge in [-0.15, -0.1) is 0 Å². The van der Waals surface area contributed by atoms with Gasteiger partial charge in [-0.25, -0.2) is 4.79 Å². The summed E-state index contributed by atoms with van der Waals surface area (Å²) in [6.07, 6.45) is 1.42. The summed E-state index contributed by atoms with van der Waals surface area (Å²) in [7, 11) is -1.20. The lowest BCUT2D eigenvalue weighted by atomic mass is 9.88. The molecule has 0 aromatic carbocycles. The zero-order valence-corrected chi connectivity index (χ0v) is 17.4. The Balaban J connectivity index is 2.63. The predicted octanol–water partition coefficient (Wildman–Crippen LogP) is 5.30. The largest absolute Gasteiger partial charge is 0.456 e. The molecular formula is C18H36O4Si. The highest BCUT2D eigenvalue weighted by molar-refractivity contribution is 6.79. The fraction of sp³-hybridized carbons (Fsp3) is 0.944. The summed E-state index contributed by atoms with van der Waals surface area (Å²) in [5, 5.41) is 0. The average molecular weight is 345 g/mol. The van der Waals surface area contributed by atoms with Gasteiger partial charge in [0.2, 0.25) is 0 Å². The van der Waals surface area contributed by atoms with Gasteiger partial charge in [0.25, 0.3) is 0 Å². The van der Waals surface area contributed by atoms with Crippen LogP contribution in [0.2, 0.25) is 24.2 Å². The van der Waals surface area contributed by atoms with Gasteiger partial charge in [-0.2, -0.15) is 9.78 Å². The summed E-state index contributed by atoms with van der Waals surface area (Å²) in [5.74, 6) is -1.56. The Kier molecular flexibility index (Phi) is 6.50. The third-order valence-electron chi connectivity index (χ3n) is 5.23. The summed E-state index contributed by atoms with van der Waals surface area (Å²) in [4.78, 5) is 22.5. The highest BCUT2D eigenvalue weighted by Gasteiger charge is 2.61. The number of rotatable bonds is 9. The van der Waals surface area contributed by atoms with Crippen molar-refractivity contribution in [1.29, 1.82) is 0 Å². The van der Waals surface area contributed by atoms with Crippen LogP contribution in [0.1, 0.15) is 68.2 Å². The van der Waals surface area contributed by atoms with Crippen LogP contribution >= 0.6 is 0 Å². The van der Waals surface area contributed by atoms with Crippen molar-refractivity contribution in [2.24, 2.45) is 5.41 Å². The van der Waals surface area contributed by atoms with E-state index in [1.807, 2.05) is 13.8 Å². The van der Waals surface area contributed by atoms with Crippen LogP contribution < -0.4 is 0 Å². The van der Waals surface area contributed by atoms with Gasteiger partial charge in [0.15, 0.2) is 0 Å². The average Bonchev–Trinajstić information content (AvgIpc) is 3.19. The second-order valence-corrected chi connectivity index (χ2v) is 14.5. The van der Waals surface area contributed by atoms with Crippen molar-refractivity contribution in [2.45, 2.75) is 104 Å². The van der Waals surface area contributed by atoms with E-state index in [2.05, 4.69) is 41.5 Å². The van der Waals surface area contributed by atoms with Gasteiger partial charge in [0.1, 0.15) is 5.60 Å². The maximum absolute atomic E-state index is 12.5. The summed E-state index contributed by atoms with van der Waals surface area (Å²) in [5.41, 5.74) is -0.538. The molecule has 0 bridgehead atoms. The normalized spacial score (nSPS) is 17.9. The lowest BCUT2D eigenvalue weighted by Gasteiger charge is -2.33. The van der Waals surface area contributed by atoms with Gasteiger partial charge < -0.3 is 4.74 Å². The molecule has 1 saturated heterocycles. The first-order valence-corrected chi connectivity index (χ1v) is 11.9. The van der Waals surface area contributed by atoms with Crippen molar-refractivity contribution in [3.63, 3.8) is 0 Å². The molecule has 1 aliphatic rings. The van der Waals surface area contributed by atoms with E-state index >= 15 is 0 Å². The lowest BCUT2D eigenvalue weighted by molar-refractivity contribution is -0.165. The molecule has 0 amide bonds. The molecule has 1 fully saturated rings. The van der Waals surface area contributed by atoms with E-state index in [9.17, 15) is 4.79 Å². The molecule has 0 saturated carbocycles. The van der Waals surface area contributed by atoms with Crippen molar-refractivity contribution < 1.29 is 19.3 Å². The Bertz CT molecular complexity index is 395. The van der Waals surface area contributed by atoms with Crippen LogP contribution in [0.15, 0.2) is 0 Å². The molecule has 0 aromatic rings. The highest BCUT2D eigenvalue weighted by atomic mass is 28.3. The minimum Gasteiger partial charge on any atom is -0.456 e. The van der Waals surface area contributed by atoms with Crippen molar-refractivity contribution in [3.8, 4) is 0 Å². The quantitative estimate of drug-likeness (QED) is 0.246. The monoisotopic (exact) mass is 344 g/mol. The standard InChI is InChI=1S/C18H36O4Si/c1-9-23(10-2,11-3)13-12-17(7,8)20-15(19)18(21-22-18)14-16(4,5)6/h9-14H2,1-8H3. The summed E-state index contributed by atoms with van der Waals surface area (Å²) in [6, 6.07) is 5.09. The molecular weight excluding hydrogens is 308 g/mol. The molecule has 5 heteroatoms. The molecule has 0 N–H and O–H groups in total. The van der Waals surface area contributed by atoms with E-state index in [0.29, 0.717) is 6.42 Å². The highest BCUT2D eigenvalue weighted by Crippen LogP contribution is 2.43. The van der Waals surface area contributed by atoms with E-state index < -0.39 is 19.5 Å². The summed E-state index contributed by atoms with van der Waals surface area (Å²) < 4.78 is 5.77. The number of ether oxygens (including phenoxy) is 1. The maximum atomic E-state index is 12.5. The minimum atomic E-state index is -1.20. The second-order valence-electron chi connectivity index (χ2n) is 8.87. The van der Waals surface area contributed by atoms with Gasteiger partial charge in [-0.3, -0.25) is 0 Å². The number of esters is 1. The Labute approximate surface area is 143 Å². The zero-order valence-electron chi connectivity index (χ0n) is 16.4. The Morgan fingerprint density at radius 2 is 1.48 bits per heavy atom. The minimum absolute atomic E-state index is 0.0611. The summed E-state index contributed by atoms with van der Waals surface area (Å²) >= 11 is 0. The van der Waals surface area contributed by atoms with E-state index in [1.165, 1.54) is 24.2 Å². The molecule has 1 aliphatic heterocycles. The number of carbonyl (C=O) groups is 1. The molecule has 1 rings (SSSR count). The van der Waals surface area contributed by atoms with Crippen LogP contribution in [0.4, 0.5) is 0 Å². The van der Waals surface area contributed by atoms with E-state index in [0.717, 1.165) is 6.42 Å². The first-order valence-electron chi connectivity index (χ1n) is 9.03. The molecule has 0 spiro atoms. The van der Waals surface area contributed by atoms with Crippen LogP contribution in [0.3, 0.4) is 0 Å². The van der Waals surface area contributed by atoms with Crippen molar-refractivity contribution in [2.75, 3.05) is 0 Å². The van der Waals surface area contributed by atoms with Gasteiger partial charge in [-0.05, 0) is 25.7 Å². The number of hydrogen-bond donors (Lipinski definition) is 0. The van der Waals surface area contributed by atoms with Crippen molar-refractivity contribution >= 4 is 14.0 Å². The fourth-order valence-electron chi connectivity index (χ4n) is 3.17. The van der Waals surface area contributed by atoms with E-state index in [1.54, 1.807) is 0 Å². The van der Waals surface area contributed by atoms with Gasteiger partial charge >= 0.3 is 11.8 Å². The van der Waals surface area contributed by atoms with Crippen LogP contribution in [0.5, 0.6) is 0 Å². The topological polar surface area (TPSA) is 51.4 Å². The van der Waals surface area contributed by atoms with Crippen LogP contribution in [-0.2, 0) is 19.3 Å². The molecule has 0 aromatic heterocycles. The molecule has 1 heterocycles. The zero-order chi connectivity index (χ0) is 17.9. The molecule has 23 heavy (non-hydrogen) atoms. The molecule has 0 unspecified atom stereocenters. The first kappa shape index (κ1) is 20.7. The molecule has 0 atom stereocenters. The third-order valence-corrected chi connectivity index (χ3v) is 11.0. The van der Waals surface area contributed by atoms with Gasteiger partial charge in [0.05, 0.1) is 8.07 Å². The molecule has 136 valence electrons. The maximum Gasteiger partial charge on any atom is 0.373 e. The van der Waals surface area contributed by atoms with Gasteiger partial charge in [-0.1, -0.05) is 65.7 Å². The van der Waals surface area contributed by atoms with Crippen LogP contribution in [0.25, 0.3) is 0 Å². The Morgan fingerprint density at radius 3 is 1.83 bits per heavy atom. The van der Waals surface area contributed by atoms with Crippen LogP contribution in [-0.4, -0.2) is 25.4 Å². The number of carbonyl (C=O) groups excluding carboxylic acids is 1. The number of hydrogen-bond acceptors (Lipinski definition) is 4. The predicted molar refractivity (Wildman–Crippen MR) is 95.8 cm³/mol. The Morgan fingerprint density at radius 1 is 1.00 bits per heavy atom. The second kappa shape index (κ2) is 7.24. The van der Waals surface area contributed by atoms with E-state index in [-0.39, 0.29) is 11.4 Å². The van der Waals surface area contributed by atoms with Crippen LogP contribution in [0, 0.1) is 5.41 Å². The SMILES string of the molecule is CC[Si](CC)(CC)CCC(C)(C)OC(=O)C1(CC(C)(C)C)OO1. The Hall–Kier alpha value is -0.393. The third kappa shape index (κ3) is 5.87. The smallest absolute Gasteiger partial charge is 0.373 e. The molecule has 4 nitrogen and oxygen atoms in total. The lowest BCUT2D eigenvalue weighted by Crippen LogP contribution is -2.40. The van der Waals surface area contributed by atoms with Gasteiger partial charge in [0, 0.05) is 6.42 Å². The van der Waals surface area contributed by atoms with Crippen molar-refractivity contribution in [3.05, 3.63) is 0 Å². The first-order chi connectivity index (χ1) is 10.4. The summed E-state index contributed by atoms with van der Waals surface area (Å²) in [6.45, 7) is 17.1. The fourth-order valence-corrected chi connectivity index (χ4v) is 6.87. The molecule has 0 radical (unpaired) electrons. The van der Waals surface area contributed by atoms with E-state index in [4.69, 9.17) is 14.5 Å². The van der Waals surface area contributed by atoms with Crippen molar-refractivity contribution in [1.82, 2.24) is 0 Å².